The first-order valence-corrected chi connectivity index (χ1v) is 5.14. The van der Waals surface area contributed by atoms with Gasteiger partial charge in [-0.25, -0.2) is 0 Å². The molecule has 0 aliphatic heterocycles. The van der Waals surface area contributed by atoms with Gasteiger partial charge in [-0.1, -0.05) is 25.1 Å². The number of hydrogen-bond acceptors (Lipinski definition) is 4. The first-order chi connectivity index (χ1) is 7.27. The molecule has 1 aromatic rings. The second kappa shape index (κ2) is 6.40. The molecular formula is C11H18N2O2. The Hall–Kier alpha value is -1.10. The smallest absolute Gasteiger partial charge is 0.120 e. The summed E-state index contributed by atoms with van der Waals surface area (Å²) in [5.41, 5.74) is 6.79. The monoisotopic (exact) mass is 210 g/mol. The number of nitrogens with one attached hydrogen (secondary N) is 2. The van der Waals surface area contributed by atoms with Gasteiger partial charge in [-0.05, 0) is 12.5 Å². The Kier molecular flexibility index (Phi) is 5.10. The van der Waals surface area contributed by atoms with E-state index in [9.17, 15) is 5.11 Å². The summed E-state index contributed by atoms with van der Waals surface area (Å²) < 4.78 is 0. The SMILES string of the molecule is CC[C@@H](CO)NNCc1ccccc1O. The molecule has 0 saturated heterocycles. The van der Waals surface area contributed by atoms with Crippen molar-refractivity contribution in [2.24, 2.45) is 0 Å². The van der Waals surface area contributed by atoms with Crippen LogP contribution in [0, 0.1) is 0 Å². The molecule has 4 N–H and O–H groups in total. The second-order valence-electron chi connectivity index (χ2n) is 3.41. The summed E-state index contributed by atoms with van der Waals surface area (Å²) in [4.78, 5) is 0. The van der Waals surface area contributed by atoms with Crippen LogP contribution >= 0.6 is 0 Å². The van der Waals surface area contributed by atoms with Crippen molar-refractivity contribution in [3.8, 4) is 5.75 Å². The van der Waals surface area contributed by atoms with Crippen LogP contribution in [-0.2, 0) is 6.54 Å². The Morgan fingerprint density at radius 1 is 1.33 bits per heavy atom. The number of hydrazine groups is 1. The van der Waals surface area contributed by atoms with Crippen LogP contribution in [0.4, 0.5) is 0 Å². The van der Waals surface area contributed by atoms with E-state index in [0.29, 0.717) is 6.54 Å². The predicted molar refractivity (Wildman–Crippen MR) is 59.2 cm³/mol. The topological polar surface area (TPSA) is 64.5 Å². The molecular weight excluding hydrogens is 192 g/mol. The van der Waals surface area contributed by atoms with Gasteiger partial charge in [0, 0.05) is 18.2 Å². The molecule has 0 aliphatic carbocycles. The Morgan fingerprint density at radius 3 is 2.67 bits per heavy atom. The Balaban J connectivity index is 2.34. The molecule has 0 aliphatic rings. The summed E-state index contributed by atoms with van der Waals surface area (Å²) in [6.45, 7) is 2.63. The Bertz CT molecular complexity index is 288. The van der Waals surface area contributed by atoms with Gasteiger partial charge < -0.3 is 10.2 Å². The van der Waals surface area contributed by atoms with Crippen LogP contribution < -0.4 is 10.9 Å². The summed E-state index contributed by atoms with van der Waals surface area (Å²) in [7, 11) is 0. The minimum absolute atomic E-state index is 0.0517. The minimum Gasteiger partial charge on any atom is -0.508 e. The van der Waals surface area contributed by atoms with E-state index in [-0.39, 0.29) is 18.4 Å². The van der Waals surface area contributed by atoms with E-state index in [1.165, 1.54) is 0 Å². The minimum atomic E-state index is 0.0517. The number of aromatic hydroxyl groups is 1. The van der Waals surface area contributed by atoms with Gasteiger partial charge in [-0.15, -0.1) is 0 Å². The summed E-state index contributed by atoms with van der Waals surface area (Å²) in [6.07, 6.45) is 0.851. The van der Waals surface area contributed by atoms with E-state index in [1.54, 1.807) is 12.1 Å². The molecule has 0 saturated carbocycles. The van der Waals surface area contributed by atoms with Crippen LogP contribution in [0.1, 0.15) is 18.9 Å². The maximum Gasteiger partial charge on any atom is 0.120 e. The molecule has 0 fully saturated rings. The molecule has 84 valence electrons. The first-order valence-electron chi connectivity index (χ1n) is 5.14. The molecule has 0 bridgehead atoms. The van der Waals surface area contributed by atoms with Crippen molar-refractivity contribution >= 4 is 0 Å². The van der Waals surface area contributed by atoms with E-state index >= 15 is 0 Å². The number of benzene rings is 1. The highest BCUT2D eigenvalue weighted by Gasteiger charge is 2.03. The van der Waals surface area contributed by atoms with Gasteiger partial charge in [0.15, 0.2) is 0 Å². The summed E-state index contributed by atoms with van der Waals surface area (Å²) in [5.74, 6) is 0.281. The van der Waals surface area contributed by atoms with Crippen molar-refractivity contribution in [2.45, 2.75) is 25.9 Å². The molecule has 0 aromatic heterocycles. The average Bonchev–Trinajstić information content (AvgIpc) is 2.27. The number of phenolic OH excluding ortho intramolecular Hbond substituents is 1. The van der Waals surface area contributed by atoms with Gasteiger partial charge >= 0.3 is 0 Å². The molecule has 4 nitrogen and oxygen atoms in total. The number of para-hydroxylation sites is 1. The maximum absolute atomic E-state index is 9.47. The lowest BCUT2D eigenvalue weighted by Gasteiger charge is -2.15. The number of hydrogen-bond donors (Lipinski definition) is 4. The van der Waals surface area contributed by atoms with E-state index in [1.807, 2.05) is 19.1 Å². The van der Waals surface area contributed by atoms with Crippen molar-refractivity contribution in [3.05, 3.63) is 29.8 Å². The third kappa shape index (κ3) is 3.87. The van der Waals surface area contributed by atoms with Gasteiger partial charge in [0.1, 0.15) is 5.75 Å². The molecule has 1 atom stereocenters. The lowest BCUT2D eigenvalue weighted by atomic mass is 10.2. The standard InChI is InChI=1S/C11H18N2O2/c1-2-10(8-14)13-12-7-9-5-3-4-6-11(9)15/h3-6,10,12-15H,2,7-8H2,1H3/t10-/m0/s1. The molecule has 0 unspecified atom stereocenters. The quantitative estimate of drug-likeness (QED) is 0.523. The first kappa shape index (κ1) is 12.0. The van der Waals surface area contributed by atoms with Crippen LogP contribution in [0.15, 0.2) is 24.3 Å². The zero-order valence-corrected chi connectivity index (χ0v) is 8.90. The fraction of sp³-hybridized carbons (Fsp3) is 0.455. The maximum atomic E-state index is 9.47. The zero-order valence-electron chi connectivity index (χ0n) is 8.90. The largest absolute Gasteiger partial charge is 0.508 e. The Labute approximate surface area is 89.9 Å². The lowest BCUT2D eigenvalue weighted by molar-refractivity contribution is 0.225. The predicted octanol–water partition coefficient (Wildman–Crippen LogP) is 0.757. The molecule has 1 rings (SSSR count). The summed E-state index contributed by atoms with van der Waals surface area (Å²) >= 11 is 0. The average molecular weight is 210 g/mol. The fourth-order valence-corrected chi connectivity index (χ4v) is 1.23. The van der Waals surface area contributed by atoms with Crippen molar-refractivity contribution in [1.82, 2.24) is 10.9 Å². The van der Waals surface area contributed by atoms with Crippen LogP contribution in [-0.4, -0.2) is 22.9 Å². The molecule has 0 radical (unpaired) electrons. The number of phenols is 1. The van der Waals surface area contributed by atoms with Crippen LogP contribution in [0.25, 0.3) is 0 Å². The van der Waals surface area contributed by atoms with E-state index in [0.717, 1.165) is 12.0 Å². The highest BCUT2D eigenvalue weighted by molar-refractivity contribution is 5.31. The number of rotatable bonds is 6. The van der Waals surface area contributed by atoms with Gasteiger partial charge in [0.25, 0.3) is 0 Å². The summed E-state index contributed by atoms with van der Waals surface area (Å²) in [5, 5.41) is 18.4. The zero-order chi connectivity index (χ0) is 11.1. The van der Waals surface area contributed by atoms with E-state index < -0.39 is 0 Å². The Morgan fingerprint density at radius 2 is 2.07 bits per heavy atom. The normalized spacial score (nSPS) is 12.7. The van der Waals surface area contributed by atoms with E-state index in [4.69, 9.17) is 5.11 Å². The van der Waals surface area contributed by atoms with Gasteiger partial charge in [0.2, 0.25) is 0 Å². The molecule has 0 heterocycles. The molecule has 0 spiro atoms. The van der Waals surface area contributed by atoms with Crippen molar-refractivity contribution < 1.29 is 10.2 Å². The molecule has 15 heavy (non-hydrogen) atoms. The molecule has 1 aromatic carbocycles. The number of aliphatic hydroxyl groups excluding tert-OH is 1. The lowest BCUT2D eigenvalue weighted by Crippen LogP contribution is -2.42. The third-order valence-corrected chi connectivity index (χ3v) is 2.29. The highest BCUT2D eigenvalue weighted by Crippen LogP contribution is 2.14. The van der Waals surface area contributed by atoms with Gasteiger partial charge in [0.05, 0.1) is 6.61 Å². The van der Waals surface area contributed by atoms with Crippen molar-refractivity contribution in [1.29, 1.82) is 0 Å². The van der Waals surface area contributed by atoms with Crippen molar-refractivity contribution in [2.75, 3.05) is 6.61 Å². The fourth-order valence-electron chi connectivity index (χ4n) is 1.23. The molecule has 4 heteroatoms. The van der Waals surface area contributed by atoms with Crippen LogP contribution in [0.2, 0.25) is 0 Å². The second-order valence-corrected chi connectivity index (χ2v) is 3.41. The molecule has 0 amide bonds. The third-order valence-electron chi connectivity index (χ3n) is 2.29. The van der Waals surface area contributed by atoms with Gasteiger partial charge in [-0.3, -0.25) is 10.9 Å². The number of aliphatic hydroxyl groups is 1. The van der Waals surface area contributed by atoms with Crippen LogP contribution in [0.3, 0.4) is 0 Å². The summed E-state index contributed by atoms with van der Waals surface area (Å²) in [6, 6.07) is 7.22. The van der Waals surface area contributed by atoms with Crippen LogP contribution in [0.5, 0.6) is 5.75 Å². The van der Waals surface area contributed by atoms with Crippen molar-refractivity contribution in [3.63, 3.8) is 0 Å². The van der Waals surface area contributed by atoms with Gasteiger partial charge in [-0.2, -0.15) is 0 Å². The van der Waals surface area contributed by atoms with E-state index in [2.05, 4.69) is 10.9 Å². The highest BCUT2D eigenvalue weighted by atomic mass is 16.3.